The Bertz CT molecular complexity index is 1260. The number of nitrogens with zero attached hydrogens (tertiary/aromatic N) is 5. The average molecular weight is 506 g/mol. The van der Waals surface area contributed by atoms with E-state index in [1.807, 2.05) is 30.3 Å². The summed E-state index contributed by atoms with van der Waals surface area (Å²) in [6, 6.07) is 14.2. The Morgan fingerprint density at radius 3 is 2.57 bits per heavy atom. The quantitative estimate of drug-likeness (QED) is 0.532. The van der Waals surface area contributed by atoms with Gasteiger partial charge < -0.3 is 20.3 Å². The molecule has 2 N–H and O–H groups in total. The number of aromatic nitrogens is 3. The highest BCUT2D eigenvalue weighted by atomic mass is 19.1. The minimum Gasteiger partial charge on any atom is -0.442 e. The van der Waals surface area contributed by atoms with Gasteiger partial charge in [0.25, 0.3) is 0 Å². The van der Waals surface area contributed by atoms with Crippen LogP contribution in [0.3, 0.4) is 0 Å². The number of cyclic esters (lactones) is 1. The number of benzene rings is 2. The summed E-state index contributed by atoms with van der Waals surface area (Å²) in [5.74, 6) is 0.432. The van der Waals surface area contributed by atoms with Gasteiger partial charge in [0.2, 0.25) is 0 Å². The topological polar surface area (TPSA) is 105 Å². The lowest BCUT2D eigenvalue weighted by molar-refractivity contribution is 0.129. The molecule has 10 nitrogen and oxygen atoms in total. The van der Waals surface area contributed by atoms with E-state index in [4.69, 9.17) is 4.74 Å². The molecule has 192 valence electrons. The molecule has 11 heteroatoms. The van der Waals surface area contributed by atoms with Gasteiger partial charge in [-0.1, -0.05) is 23.4 Å². The molecule has 4 atom stereocenters. The van der Waals surface area contributed by atoms with Crippen molar-refractivity contribution in [2.45, 2.75) is 31.5 Å². The van der Waals surface area contributed by atoms with Gasteiger partial charge >= 0.3 is 12.1 Å². The number of anilines is 3. The van der Waals surface area contributed by atoms with Gasteiger partial charge in [-0.15, -0.1) is 5.10 Å². The fraction of sp³-hybridized carbons (Fsp3) is 0.385. The van der Waals surface area contributed by atoms with Crippen molar-refractivity contribution >= 4 is 29.2 Å². The van der Waals surface area contributed by atoms with Crippen LogP contribution in [0, 0.1) is 17.7 Å². The number of carbonyl (C=O) groups is 2. The number of ether oxygens (including phenoxy) is 1. The van der Waals surface area contributed by atoms with Gasteiger partial charge in [-0.3, -0.25) is 4.90 Å². The van der Waals surface area contributed by atoms with E-state index in [1.165, 1.54) is 11.0 Å². The zero-order chi connectivity index (χ0) is 25.4. The monoisotopic (exact) mass is 505 g/mol. The minimum atomic E-state index is -0.497. The van der Waals surface area contributed by atoms with E-state index in [1.54, 1.807) is 29.2 Å². The first kappa shape index (κ1) is 23.3. The highest BCUT2D eigenvalue weighted by Crippen LogP contribution is 2.41. The van der Waals surface area contributed by atoms with Crippen LogP contribution in [0.5, 0.6) is 0 Å². The van der Waals surface area contributed by atoms with Gasteiger partial charge in [-0.25, -0.2) is 18.7 Å². The molecule has 2 aliphatic heterocycles. The lowest BCUT2D eigenvalue weighted by atomic mass is 10.0. The fourth-order valence-corrected chi connectivity index (χ4v) is 5.77. The van der Waals surface area contributed by atoms with Gasteiger partial charge in [0.1, 0.15) is 11.9 Å². The lowest BCUT2D eigenvalue weighted by Gasteiger charge is -2.23. The Balaban J connectivity index is 1.03. The summed E-state index contributed by atoms with van der Waals surface area (Å²) in [4.78, 5) is 28.3. The number of rotatable bonds is 6. The molecule has 1 aromatic heterocycles. The molecule has 3 aliphatic rings. The summed E-state index contributed by atoms with van der Waals surface area (Å²) in [6.45, 7) is 2.19. The SMILES string of the molecule is O=C(Nc1ccccc1)NC1C[C@@H]2CN(c3ccc(N4C[C@H](Cn5ccnn5)OC4=O)cc3F)C[C@@H]2C1. The second-order valence-electron chi connectivity index (χ2n) is 9.94. The first-order valence-corrected chi connectivity index (χ1v) is 12.5. The van der Waals surface area contributed by atoms with E-state index >= 15 is 4.39 Å². The first-order valence-electron chi connectivity index (χ1n) is 12.5. The van der Waals surface area contributed by atoms with Gasteiger partial charge in [0.15, 0.2) is 0 Å². The molecule has 6 rings (SSSR count). The normalized spacial score (nSPS) is 24.7. The van der Waals surface area contributed by atoms with Gasteiger partial charge in [-0.2, -0.15) is 0 Å². The molecule has 2 saturated heterocycles. The number of halogens is 1. The van der Waals surface area contributed by atoms with Crippen LogP contribution in [0.25, 0.3) is 0 Å². The van der Waals surface area contributed by atoms with Crippen LogP contribution in [0.4, 0.5) is 31.0 Å². The summed E-state index contributed by atoms with van der Waals surface area (Å²) in [7, 11) is 0. The molecular formula is C26H28FN7O3. The van der Waals surface area contributed by atoms with Crippen LogP contribution in [0.15, 0.2) is 60.9 Å². The molecule has 0 radical (unpaired) electrons. The third-order valence-electron chi connectivity index (χ3n) is 7.44. The molecule has 2 aromatic carbocycles. The maximum Gasteiger partial charge on any atom is 0.414 e. The predicted octanol–water partition coefficient (Wildman–Crippen LogP) is 3.48. The standard InChI is InChI=1S/C26H28FN7O3/c27-23-12-21(34-16-22(37-26(34)36)15-33-9-8-28-31-33)6-7-24(23)32-13-17-10-20(11-18(17)14-32)30-25(35)29-19-4-2-1-3-5-19/h1-9,12,17-18,20,22H,10-11,13-16H2,(H2,29,30,35)/t17-,18+,20?,22-/m0/s1. The molecule has 3 aromatic rings. The number of hydrogen-bond donors (Lipinski definition) is 2. The molecule has 0 bridgehead atoms. The zero-order valence-corrected chi connectivity index (χ0v) is 20.2. The molecule has 3 amide bonds. The molecule has 1 aliphatic carbocycles. The lowest BCUT2D eigenvalue weighted by Crippen LogP contribution is -2.37. The Kier molecular flexibility index (Phi) is 6.11. The Labute approximate surface area is 213 Å². The molecule has 3 heterocycles. The molecule has 3 fully saturated rings. The molecule has 1 unspecified atom stereocenters. The predicted molar refractivity (Wildman–Crippen MR) is 135 cm³/mol. The second-order valence-corrected chi connectivity index (χ2v) is 9.94. The van der Waals surface area contributed by atoms with Crippen molar-refractivity contribution in [3.8, 4) is 0 Å². The number of nitrogens with one attached hydrogen (secondary N) is 2. The van der Waals surface area contributed by atoms with Crippen molar-refractivity contribution < 1.29 is 18.7 Å². The molecule has 0 spiro atoms. The first-order chi connectivity index (χ1) is 18.0. The number of carbonyl (C=O) groups excluding carboxylic acids is 2. The van der Waals surface area contributed by atoms with Gasteiger partial charge in [0, 0.05) is 31.0 Å². The number of urea groups is 1. The van der Waals surface area contributed by atoms with Crippen molar-refractivity contribution in [2.75, 3.05) is 34.8 Å². The van der Waals surface area contributed by atoms with Crippen molar-refractivity contribution in [3.63, 3.8) is 0 Å². The summed E-state index contributed by atoms with van der Waals surface area (Å²) in [6.07, 6.45) is 4.13. The van der Waals surface area contributed by atoms with Crippen LogP contribution < -0.4 is 20.4 Å². The molecular weight excluding hydrogens is 477 g/mol. The van der Waals surface area contributed by atoms with E-state index in [-0.39, 0.29) is 24.0 Å². The van der Waals surface area contributed by atoms with E-state index in [2.05, 4.69) is 25.8 Å². The average Bonchev–Trinajstić information content (AvgIpc) is 3.65. The van der Waals surface area contributed by atoms with Crippen LogP contribution in [0.2, 0.25) is 0 Å². The van der Waals surface area contributed by atoms with Crippen LogP contribution in [-0.4, -0.2) is 58.9 Å². The number of para-hydroxylation sites is 1. The van der Waals surface area contributed by atoms with Crippen molar-refractivity contribution in [3.05, 3.63) is 66.7 Å². The zero-order valence-electron chi connectivity index (χ0n) is 20.2. The van der Waals surface area contributed by atoms with Crippen molar-refractivity contribution in [1.82, 2.24) is 20.3 Å². The van der Waals surface area contributed by atoms with E-state index in [0.29, 0.717) is 36.3 Å². The van der Waals surface area contributed by atoms with Crippen LogP contribution in [-0.2, 0) is 11.3 Å². The highest BCUT2D eigenvalue weighted by molar-refractivity contribution is 5.90. The Morgan fingerprint density at radius 1 is 1.08 bits per heavy atom. The minimum absolute atomic E-state index is 0.111. The number of fused-ring (bicyclic) bond motifs is 1. The van der Waals surface area contributed by atoms with E-state index < -0.39 is 6.09 Å². The van der Waals surface area contributed by atoms with Gasteiger partial charge in [-0.05, 0) is 55.0 Å². The number of hydrogen-bond acceptors (Lipinski definition) is 6. The maximum atomic E-state index is 15.2. The van der Waals surface area contributed by atoms with Crippen LogP contribution >= 0.6 is 0 Å². The summed E-state index contributed by atoms with van der Waals surface area (Å²) in [5, 5.41) is 13.6. The van der Waals surface area contributed by atoms with Crippen LogP contribution in [0.1, 0.15) is 12.8 Å². The maximum absolute atomic E-state index is 15.2. The van der Waals surface area contributed by atoms with Crippen molar-refractivity contribution in [2.24, 2.45) is 11.8 Å². The highest BCUT2D eigenvalue weighted by Gasteiger charge is 2.42. The number of amides is 3. The third kappa shape index (κ3) is 4.93. The summed E-state index contributed by atoms with van der Waals surface area (Å²) < 4.78 is 22.2. The van der Waals surface area contributed by atoms with E-state index in [9.17, 15) is 9.59 Å². The largest absolute Gasteiger partial charge is 0.442 e. The Hall–Kier alpha value is -4.15. The fourth-order valence-electron chi connectivity index (χ4n) is 5.77. The molecule has 1 saturated carbocycles. The van der Waals surface area contributed by atoms with E-state index in [0.717, 1.165) is 31.6 Å². The van der Waals surface area contributed by atoms with Gasteiger partial charge in [0.05, 0.1) is 30.7 Å². The van der Waals surface area contributed by atoms with Crippen molar-refractivity contribution in [1.29, 1.82) is 0 Å². The molecule has 37 heavy (non-hydrogen) atoms. The second kappa shape index (κ2) is 9.72. The Morgan fingerprint density at radius 2 is 1.86 bits per heavy atom. The third-order valence-corrected chi connectivity index (χ3v) is 7.44. The summed E-state index contributed by atoms with van der Waals surface area (Å²) in [5.41, 5.74) is 1.77. The summed E-state index contributed by atoms with van der Waals surface area (Å²) >= 11 is 0. The smallest absolute Gasteiger partial charge is 0.414 e.